The average Bonchev–Trinajstić information content (AvgIpc) is 3.13. The molecule has 2 fully saturated rings. The fourth-order valence-electron chi connectivity index (χ4n) is 4.76. The maximum Gasteiger partial charge on any atom is 0.295 e. The largest absolute Gasteiger partial charge is 0.507 e. The molecular weight excluding hydrogens is 475 g/mol. The Morgan fingerprint density at radius 2 is 1.81 bits per heavy atom. The van der Waals surface area contributed by atoms with E-state index in [-0.39, 0.29) is 11.3 Å². The van der Waals surface area contributed by atoms with Crippen LogP contribution < -0.4 is 4.74 Å². The number of likely N-dealkylation sites (tertiary alicyclic amines) is 1. The van der Waals surface area contributed by atoms with Crippen LogP contribution in [0.3, 0.4) is 0 Å². The van der Waals surface area contributed by atoms with Gasteiger partial charge >= 0.3 is 0 Å². The smallest absolute Gasteiger partial charge is 0.295 e. The molecule has 2 aromatic carbocycles. The Labute approximate surface area is 217 Å². The predicted octanol–water partition coefficient (Wildman–Crippen LogP) is 4.31. The van der Waals surface area contributed by atoms with Crippen molar-refractivity contribution in [3.63, 3.8) is 0 Å². The van der Waals surface area contributed by atoms with E-state index in [0.717, 1.165) is 25.2 Å². The first-order valence-electron chi connectivity index (χ1n) is 12.8. The van der Waals surface area contributed by atoms with Crippen molar-refractivity contribution in [3.8, 4) is 5.75 Å². The van der Waals surface area contributed by atoms with Gasteiger partial charge in [0.2, 0.25) is 0 Å². The fourth-order valence-corrected chi connectivity index (χ4v) is 4.76. The van der Waals surface area contributed by atoms with Crippen LogP contribution in [0.15, 0.2) is 48.0 Å². The van der Waals surface area contributed by atoms with Gasteiger partial charge in [-0.3, -0.25) is 14.5 Å². The zero-order valence-corrected chi connectivity index (χ0v) is 21.7. The molecule has 7 nitrogen and oxygen atoms in total. The molecule has 2 saturated heterocycles. The quantitative estimate of drug-likeness (QED) is 0.308. The molecule has 2 aliphatic heterocycles. The van der Waals surface area contributed by atoms with Crippen molar-refractivity contribution >= 4 is 17.4 Å². The van der Waals surface area contributed by atoms with Crippen LogP contribution in [-0.4, -0.2) is 72.6 Å². The van der Waals surface area contributed by atoms with E-state index in [0.29, 0.717) is 55.6 Å². The molecule has 2 heterocycles. The van der Waals surface area contributed by atoms with E-state index in [9.17, 15) is 19.1 Å². The Hall–Kier alpha value is -3.23. The molecule has 0 spiro atoms. The van der Waals surface area contributed by atoms with Crippen molar-refractivity contribution < 1.29 is 28.6 Å². The van der Waals surface area contributed by atoms with E-state index in [2.05, 4.69) is 18.7 Å². The maximum absolute atomic E-state index is 13.7. The lowest BCUT2D eigenvalue weighted by atomic mass is 9.94. The normalized spacial score (nSPS) is 20.1. The van der Waals surface area contributed by atoms with Gasteiger partial charge in [-0.2, -0.15) is 0 Å². The summed E-state index contributed by atoms with van der Waals surface area (Å²) in [5.41, 5.74) is 1.82. The molecule has 0 aromatic heterocycles. The second-order valence-corrected chi connectivity index (χ2v) is 10.0. The van der Waals surface area contributed by atoms with E-state index in [4.69, 9.17) is 9.47 Å². The van der Waals surface area contributed by atoms with E-state index in [1.165, 1.54) is 17.0 Å². The van der Waals surface area contributed by atoms with Crippen LogP contribution in [0.1, 0.15) is 43.0 Å². The topological polar surface area (TPSA) is 79.3 Å². The summed E-state index contributed by atoms with van der Waals surface area (Å²) in [4.78, 5) is 30.2. The highest BCUT2D eigenvalue weighted by molar-refractivity contribution is 6.46. The van der Waals surface area contributed by atoms with E-state index in [1.807, 2.05) is 6.92 Å². The molecule has 0 bridgehead atoms. The number of aliphatic hydroxyl groups excluding tert-OH is 1. The molecule has 8 heteroatoms. The molecule has 0 radical (unpaired) electrons. The summed E-state index contributed by atoms with van der Waals surface area (Å²) in [6.07, 6.45) is 0.658. The van der Waals surface area contributed by atoms with Crippen LogP contribution in [-0.2, 0) is 14.3 Å². The molecule has 2 aliphatic rings. The monoisotopic (exact) mass is 510 g/mol. The number of carbonyl (C=O) groups excluding carboxylic acids is 2. The first-order valence-corrected chi connectivity index (χ1v) is 12.8. The Balaban J connectivity index is 1.65. The minimum Gasteiger partial charge on any atom is -0.507 e. The fraction of sp³-hybridized carbons (Fsp3) is 0.448. The van der Waals surface area contributed by atoms with Gasteiger partial charge in [-0.15, -0.1) is 0 Å². The number of ether oxygens (including phenoxy) is 2. The highest BCUT2D eigenvalue weighted by atomic mass is 19.1. The van der Waals surface area contributed by atoms with Gasteiger partial charge in [0.15, 0.2) is 0 Å². The van der Waals surface area contributed by atoms with Gasteiger partial charge in [-0.25, -0.2) is 4.39 Å². The summed E-state index contributed by atoms with van der Waals surface area (Å²) in [6, 6.07) is 10.1. The summed E-state index contributed by atoms with van der Waals surface area (Å²) < 4.78 is 24.9. The van der Waals surface area contributed by atoms with Crippen molar-refractivity contribution in [3.05, 3.63) is 70.5 Å². The van der Waals surface area contributed by atoms with Crippen LogP contribution in [0.5, 0.6) is 5.75 Å². The standard InChI is InChI=1S/C29H35FN2O5/c1-19(2)18-37-24-10-7-22(17-20(24)3)27(33)25-26(21-5-8-23(30)9-6-21)32(29(35)28(25)34)12-4-11-31-13-15-36-16-14-31/h5-10,17,19,26,33H,4,11-16,18H2,1-3H3/b27-25+/t26-/m1/s1. The van der Waals surface area contributed by atoms with E-state index >= 15 is 0 Å². The van der Waals surface area contributed by atoms with Gasteiger partial charge in [0, 0.05) is 31.7 Å². The maximum atomic E-state index is 13.7. The molecular formula is C29H35FN2O5. The Kier molecular flexibility index (Phi) is 8.61. The zero-order valence-electron chi connectivity index (χ0n) is 21.7. The Bertz CT molecular complexity index is 1160. The van der Waals surface area contributed by atoms with Gasteiger partial charge in [0.1, 0.15) is 17.3 Å². The highest BCUT2D eigenvalue weighted by Crippen LogP contribution is 2.40. The average molecular weight is 511 g/mol. The highest BCUT2D eigenvalue weighted by Gasteiger charge is 2.45. The SMILES string of the molecule is Cc1cc(/C(O)=C2\C(=O)C(=O)N(CCCN3CCOCC3)[C@@H]2c2ccc(F)cc2)ccc1OCC(C)C. The minimum atomic E-state index is -0.803. The Morgan fingerprint density at radius 1 is 1.11 bits per heavy atom. The van der Waals surface area contributed by atoms with Gasteiger partial charge < -0.3 is 19.5 Å². The summed E-state index contributed by atoms with van der Waals surface area (Å²) >= 11 is 0. The number of morpholine rings is 1. The molecule has 0 unspecified atom stereocenters. The molecule has 198 valence electrons. The third-order valence-corrected chi connectivity index (χ3v) is 6.72. The van der Waals surface area contributed by atoms with Crippen molar-refractivity contribution in [2.24, 2.45) is 5.92 Å². The van der Waals surface area contributed by atoms with Crippen molar-refractivity contribution in [1.82, 2.24) is 9.80 Å². The summed E-state index contributed by atoms with van der Waals surface area (Å²) in [6.45, 7) is 10.7. The van der Waals surface area contributed by atoms with Crippen molar-refractivity contribution in [2.45, 2.75) is 33.2 Å². The number of aryl methyl sites for hydroxylation is 1. The molecule has 1 atom stereocenters. The molecule has 2 aromatic rings. The van der Waals surface area contributed by atoms with Crippen LogP contribution >= 0.6 is 0 Å². The van der Waals surface area contributed by atoms with Gasteiger partial charge in [-0.05, 0) is 60.7 Å². The third kappa shape index (κ3) is 6.19. The van der Waals surface area contributed by atoms with E-state index < -0.39 is 23.5 Å². The number of carbonyl (C=O) groups is 2. The number of hydrogen-bond donors (Lipinski definition) is 1. The zero-order chi connectivity index (χ0) is 26.5. The van der Waals surface area contributed by atoms with Gasteiger partial charge in [0.25, 0.3) is 11.7 Å². The van der Waals surface area contributed by atoms with Crippen molar-refractivity contribution in [1.29, 1.82) is 0 Å². The van der Waals surface area contributed by atoms with Crippen molar-refractivity contribution in [2.75, 3.05) is 46.0 Å². The number of halogens is 1. The summed E-state index contributed by atoms with van der Waals surface area (Å²) in [7, 11) is 0. The number of hydrogen-bond acceptors (Lipinski definition) is 6. The van der Waals surface area contributed by atoms with Crippen LogP contribution in [0.25, 0.3) is 5.76 Å². The lowest BCUT2D eigenvalue weighted by Gasteiger charge is -2.29. The summed E-state index contributed by atoms with van der Waals surface area (Å²) in [5, 5.41) is 11.3. The number of Topliss-reactive ketones (excluding diaryl/α,β-unsaturated/α-hetero) is 1. The number of benzene rings is 2. The number of nitrogens with zero attached hydrogens (tertiary/aromatic N) is 2. The molecule has 1 amide bonds. The van der Waals surface area contributed by atoms with Gasteiger partial charge in [0.05, 0.1) is 31.4 Å². The Morgan fingerprint density at radius 3 is 2.46 bits per heavy atom. The number of amides is 1. The first-order chi connectivity index (χ1) is 17.8. The minimum absolute atomic E-state index is 0.0122. The predicted molar refractivity (Wildman–Crippen MR) is 139 cm³/mol. The lowest BCUT2D eigenvalue weighted by Crippen LogP contribution is -2.38. The second-order valence-electron chi connectivity index (χ2n) is 10.0. The molecule has 0 aliphatic carbocycles. The molecule has 37 heavy (non-hydrogen) atoms. The molecule has 1 N–H and O–H groups in total. The molecule has 0 saturated carbocycles. The number of aliphatic hydroxyl groups is 1. The number of rotatable bonds is 9. The number of ketones is 1. The van der Waals surface area contributed by atoms with Crippen LogP contribution in [0.4, 0.5) is 4.39 Å². The first kappa shape index (κ1) is 26.8. The summed E-state index contributed by atoms with van der Waals surface area (Å²) in [5.74, 6) is -1.00. The third-order valence-electron chi connectivity index (χ3n) is 6.72. The second kappa shape index (κ2) is 11.9. The van der Waals surface area contributed by atoms with Crippen LogP contribution in [0, 0.1) is 18.7 Å². The lowest BCUT2D eigenvalue weighted by molar-refractivity contribution is -0.140. The van der Waals surface area contributed by atoms with Gasteiger partial charge in [-0.1, -0.05) is 26.0 Å². The van der Waals surface area contributed by atoms with E-state index in [1.54, 1.807) is 30.3 Å². The van der Waals surface area contributed by atoms with Crippen LogP contribution in [0.2, 0.25) is 0 Å². The molecule has 4 rings (SSSR count).